The van der Waals surface area contributed by atoms with Crippen molar-refractivity contribution in [3.05, 3.63) is 46.8 Å². The lowest BCUT2D eigenvalue weighted by Gasteiger charge is -2.17. The third-order valence-corrected chi connectivity index (χ3v) is 5.29. The number of phosphoric ester groups is 1. The first-order chi connectivity index (χ1) is 11.8. The second-order valence-corrected chi connectivity index (χ2v) is 7.60. The van der Waals surface area contributed by atoms with Crippen LogP contribution in [0.2, 0.25) is 0 Å². The van der Waals surface area contributed by atoms with E-state index >= 15 is 0 Å². The molecule has 1 unspecified atom stereocenters. The van der Waals surface area contributed by atoms with Crippen molar-refractivity contribution in [3.8, 4) is 12.3 Å². The van der Waals surface area contributed by atoms with Crippen LogP contribution in [0.15, 0.2) is 24.3 Å². The Balaban J connectivity index is 2.49. The fourth-order valence-electron chi connectivity index (χ4n) is 2.67. The van der Waals surface area contributed by atoms with Gasteiger partial charge in [-0.1, -0.05) is 31.9 Å². The molecule has 0 aliphatic rings. The van der Waals surface area contributed by atoms with Gasteiger partial charge in [0, 0.05) is 12.5 Å². The van der Waals surface area contributed by atoms with Crippen LogP contribution in [0, 0.1) is 18.2 Å². The zero-order valence-corrected chi connectivity index (χ0v) is 15.7. The molecule has 0 amide bonds. The van der Waals surface area contributed by atoms with Crippen molar-refractivity contribution >= 4 is 18.6 Å². The topological polar surface area (TPSA) is 44.8 Å². The molecule has 25 heavy (non-hydrogen) atoms. The van der Waals surface area contributed by atoms with Crippen molar-refractivity contribution in [3.63, 3.8) is 0 Å². The quantitative estimate of drug-likeness (QED) is 0.488. The van der Waals surface area contributed by atoms with E-state index in [9.17, 15) is 8.96 Å². The minimum absolute atomic E-state index is 0.0452. The molecule has 0 aromatic heterocycles. The largest absolute Gasteiger partial charge is 0.474 e. The average Bonchev–Trinajstić information content (AvgIpc) is 2.59. The van der Waals surface area contributed by atoms with E-state index in [1.165, 1.54) is 13.2 Å². The summed E-state index contributed by atoms with van der Waals surface area (Å²) in [4.78, 5) is 0. The Morgan fingerprint density at radius 2 is 2.00 bits per heavy atom. The van der Waals surface area contributed by atoms with E-state index in [2.05, 4.69) is 5.92 Å². The van der Waals surface area contributed by atoms with Crippen molar-refractivity contribution in [1.29, 1.82) is 0 Å². The van der Waals surface area contributed by atoms with Gasteiger partial charge in [0.25, 0.3) is 0 Å². The molecule has 2 aromatic carbocycles. The second-order valence-electron chi connectivity index (χ2n) is 5.83. The Hall–Kier alpha value is -1.70. The molecule has 0 N–H and O–H groups in total. The smallest absolute Gasteiger partial charge is 0.290 e. The van der Waals surface area contributed by atoms with Gasteiger partial charge < -0.3 is 0 Å². The molecule has 2 aromatic rings. The third kappa shape index (κ3) is 4.29. The van der Waals surface area contributed by atoms with Gasteiger partial charge in [-0.2, -0.15) is 0 Å². The van der Waals surface area contributed by atoms with Gasteiger partial charge in [0.2, 0.25) is 0 Å². The number of halogens is 1. The van der Waals surface area contributed by atoms with E-state index in [-0.39, 0.29) is 24.7 Å². The van der Waals surface area contributed by atoms with Crippen LogP contribution in [-0.4, -0.2) is 13.7 Å². The number of phosphoric acid groups is 1. The summed E-state index contributed by atoms with van der Waals surface area (Å²) < 4.78 is 41.6. The van der Waals surface area contributed by atoms with Gasteiger partial charge in [0.15, 0.2) is 0 Å². The molecular weight excluding hydrogens is 342 g/mol. The summed E-state index contributed by atoms with van der Waals surface area (Å²) in [6.45, 7) is 5.97. The number of rotatable bonds is 7. The summed E-state index contributed by atoms with van der Waals surface area (Å²) in [5, 5.41) is 1.53. The Bertz CT molecular complexity index is 855. The van der Waals surface area contributed by atoms with Crippen LogP contribution < -0.4 is 0 Å². The number of fused-ring (bicyclic) bond motifs is 1. The Labute approximate surface area is 147 Å². The van der Waals surface area contributed by atoms with E-state index < -0.39 is 13.6 Å². The molecule has 0 aliphatic heterocycles. The van der Waals surface area contributed by atoms with Crippen molar-refractivity contribution in [1.82, 2.24) is 0 Å². The molecule has 6 heteroatoms. The van der Waals surface area contributed by atoms with Gasteiger partial charge >= 0.3 is 7.82 Å². The van der Waals surface area contributed by atoms with E-state index in [4.69, 9.17) is 20.0 Å². The molecule has 2 rings (SSSR count). The highest BCUT2D eigenvalue weighted by Crippen LogP contribution is 2.49. The van der Waals surface area contributed by atoms with Crippen LogP contribution in [0.5, 0.6) is 0 Å². The molecule has 0 saturated carbocycles. The fourth-order valence-corrected chi connectivity index (χ4v) is 3.58. The van der Waals surface area contributed by atoms with Gasteiger partial charge in [-0.05, 0) is 41.5 Å². The van der Waals surface area contributed by atoms with Gasteiger partial charge in [0.1, 0.15) is 5.82 Å². The highest BCUT2D eigenvalue weighted by Gasteiger charge is 2.24. The molecule has 0 heterocycles. The van der Waals surface area contributed by atoms with E-state index in [0.29, 0.717) is 0 Å². The first-order valence-electron chi connectivity index (χ1n) is 8.01. The third-order valence-electron chi connectivity index (χ3n) is 3.82. The van der Waals surface area contributed by atoms with Crippen molar-refractivity contribution < 1.29 is 22.5 Å². The minimum atomic E-state index is -3.58. The maximum Gasteiger partial charge on any atom is 0.474 e. The maximum atomic E-state index is 14.1. The molecule has 0 radical (unpaired) electrons. The molecule has 1 atom stereocenters. The van der Waals surface area contributed by atoms with Crippen LogP contribution in [0.3, 0.4) is 0 Å². The lowest BCUT2D eigenvalue weighted by molar-refractivity contribution is 0.130. The van der Waals surface area contributed by atoms with Crippen molar-refractivity contribution in [2.24, 2.45) is 0 Å². The highest BCUT2D eigenvalue weighted by molar-refractivity contribution is 7.48. The Morgan fingerprint density at radius 1 is 1.28 bits per heavy atom. The first-order valence-corrected chi connectivity index (χ1v) is 9.47. The molecule has 4 nitrogen and oxygen atoms in total. The summed E-state index contributed by atoms with van der Waals surface area (Å²) in [7, 11) is -2.30. The number of benzene rings is 2. The summed E-state index contributed by atoms with van der Waals surface area (Å²) in [5.74, 6) is 2.15. The highest BCUT2D eigenvalue weighted by atomic mass is 31.2. The lowest BCUT2D eigenvalue weighted by atomic mass is 9.91. The van der Waals surface area contributed by atoms with Crippen LogP contribution in [0.1, 0.15) is 43.4 Å². The van der Waals surface area contributed by atoms with Crippen molar-refractivity contribution in [2.75, 3.05) is 13.7 Å². The lowest BCUT2D eigenvalue weighted by Crippen LogP contribution is -2.01. The summed E-state index contributed by atoms with van der Waals surface area (Å²) in [5.41, 5.74) is 1.94. The average molecular weight is 364 g/mol. The predicted molar refractivity (Wildman–Crippen MR) is 97.0 cm³/mol. The zero-order valence-electron chi connectivity index (χ0n) is 14.8. The number of hydrogen-bond acceptors (Lipinski definition) is 4. The monoisotopic (exact) mass is 364 g/mol. The SMILES string of the molecule is C#Cc1c(F)ccc2cc(COP(=O)(OC)OCC)cc(C(C)C)c12. The van der Waals surface area contributed by atoms with Gasteiger partial charge in [0.05, 0.1) is 18.8 Å². The van der Waals surface area contributed by atoms with Crippen LogP contribution in [-0.2, 0) is 24.7 Å². The molecular formula is C19H22FO4P. The molecule has 0 saturated heterocycles. The fraction of sp³-hybridized carbons (Fsp3) is 0.368. The van der Waals surface area contributed by atoms with Gasteiger partial charge in [-0.25, -0.2) is 8.96 Å². The van der Waals surface area contributed by atoms with Gasteiger partial charge in [-0.15, -0.1) is 6.42 Å². The molecule has 0 spiro atoms. The van der Waals surface area contributed by atoms with Crippen LogP contribution in [0.4, 0.5) is 4.39 Å². The maximum absolute atomic E-state index is 14.1. The molecule has 0 aliphatic carbocycles. The number of terminal acetylenes is 1. The van der Waals surface area contributed by atoms with Gasteiger partial charge in [-0.3, -0.25) is 13.6 Å². The van der Waals surface area contributed by atoms with E-state index in [1.807, 2.05) is 26.0 Å². The van der Waals surface area contributed by atoms with Crippen molar-refractivity contribution in [2.45, 2.75) is 33.3 Å². The summed E-state index contributed by atoms with van der Waals surface area (Å²) in [6.07, 6.45) is 5.51. The predicted octanol–water partition coefficient (Wildman–Crippen LogP) is 5.39. The zero-order chi connectivity index (χ0) is 18.6. The molecule has 0 bridgehead atoms. The Morgan fingerprint density at radius 3 is 2.56 bits per heavy atom. The molecule has 0 fully saturated rings. The Kier molecular flexibility index (Phi) is 6.37. The molecule has 134 valence electrons. The minimum Gasteiger partial charge on any atom is -0.290 e. The normalized spacial score (nSPS) is 13.8. The summed E-state index contributed by atoms with van der Waals surface area (Å²) in [6, 6.07) is 6.76. The standard InChI is InChI=1S/C19H22FO4P/c1-6-16-18(20)9-8-15-10-14(11-17(13(3)4)19(15)16)12-24-25(21,22-5)23-7-2/h1,8-11,13H,7,12H2,2-5H3. The van der Waals surface area contributed by atoms with E-state index in [0.717, 1.165) is 21.9 Å². The second kappa shape index (κ2) is 8.12. The summed E-state index contributed by atoms with van der Waals surface area (Å²) >= 11 is 0. The van der Waals surface area contributed by atoms with E-state index in [1.54, 1.807) is 13.0 Å². The van der Waals surface area contributed by atoms with Crippen LogP contribution >= 0.6 is 7.82 Å². The number of hydrogen-bond donors (Lipinski definition) is 0. The van der Waals surface area contributed by atoms with Crippen LogP contribution in [0.25, 0.3) is 10.8 Å². The first kappa shape index (κ1) is 19.6.